The van der Waals surface area contributed by atoms with Gasteiger partial charge in [-0.05, 0) is 30.5 Å². The van der Waals surface area contributed by atoms with Crippen molar-refractivity contribution in [2.75, 3.05) is 26.2 Å². The van der Waals surface area contributed by atoms with Crippen molar-refractivity contribution in [3.05, 3.63) is 69.6 Å². The summed E-state index contributed by atoms with van der Waals surface area (Å²) in [5.41, 5.74) is 2.21. The second-order valence-corrected chi connectivity index (χ2v) is 7.77. The van der Waals surface area contributed by atoms with Crippen molar-refractivity contribution in [3.63, 3.8) is 0 Å². The van der Waals surface area contributed by atoms with Gasteiger partial charge in [0.25, 0.3) is 17.4 Å². The zero-order chi connectivity index (χ0) is 18.5. The zero-order valence-electron chi connectivity index (χ0n) is 15.0. The Hall–Kier alpha value is -2.73. The fourth-order valence-electron chi connectivity index (χ4n) is 4.86. The van der Waals surface area contributed by atoms with Crippen LogP contribution in [0.4, 0.5) is 0 Å². The van der Waals surface area contributed by atoms with E-state index in [0.29, 0.717) is 36.1 Å². The number of aromatic nitrogens is 1. The van der Waals surface area contributed by atoms with Gasteiger partial charge >= 0.3 is 0 Å². The molecular weight excluding hydrogens is 342 g/mol. The summed E-state index contributed by atoms with van der Waals surface area (Å²) in [4.78, 5) is 40.9. The SMILES string of the molecule is O=C1c2ccccc2C(=O)N1CCN1C[C@H]2C[C@@H](C1)c1cccc(=O)n1C2. The van der Waals surface area contributed by atoms with Crippen molar-refractivity contribution in [2.45, 2.75) is 18.9 Å². The Bertz CT molecular complexity index is 961. The van der Waals surface area contributed by atoms with Gasteiger partial charge in [-0.25, -0.2) is 0 Å². The molecule has 0 unspecified atom stereocenters. The van der Waals surface area contributed by atoms with Crippen LogP contribution in [0.15, 0.2) is 47.3 Å². The molecule has 2 bridgehead atoms. The van der Waals surface area contributed by atoms with Gasteiger partial charge < -0.3 is 9.47 Å². The molecule has 2 aromatic rings. The molecule has 6 nitrogen and oxygen atoms in total. The topological polar surface area (TPSA) is 62.6 Å². The lowest BCUT2D eigenvalue weighted by molar-refractivity contribution is 0.0603. The predicted octanol–water partition coefficient (Wildman–Crippen LogP) is 1.56. The first kappa shape index (κ1) is 16.4. The van der Waals surface area contributed by atoms with E-state index >= 15 is 0 Å². The molecule has 4 heterocycles. The number of amides is 2. The van der Waals surface area contributed by atoms with Gasteiger partial charge in [-0.1, -0.05) is 18.2 Å². The highest BCUT2D eigenvalue weighted by atomic mass is 16.2. The number of fused-ring (bicyclic) bond motifs is 5. The molecule has 1 aromatic heterocycles. The largest absolute Gasteiger partial charge is 0.312 e. The van der Waals surface area contributed by atoms with E-state index in [0.717, 1.165) is 31.7 Å². The first-order chi connectivity index (χ1) is 13.1. The Morgan fingerprint density at radius 2 is 1.56 bits per heavy atom. The van der Waals surface area contributed by atoms with E-state index in [-0.39, 0.29) is 17.4 Å². The first-order valence-electron chi connectivity index (χ1n) is 9.49. The Morgan fingerprint density at radius 3 is 2.30 bits per heavy atom. The summed E-state index contributed by atoms with van der Waals surface area (Å²) in [5, 5.41) is 0. The van der Waals surface area contributed by atoms with Crippen molar-refractivity contribution < 1.29 is 9.59 Å². The second kappa shape index (κ2) is 6.16. The number of pyridine rings is 1. The number of hydrogen-bond acceptors (Lipinski definition) is 4. The van der Waals surface area contributed by atoms with Gasteiger partial charge in [0.15, 0.2) is 0 Å². The molecule has 0 saturated carbocycles. The number of nitrogens with zero attached hydrogens (tertiary/aromatic N) is 3. The van der Waals surface area contributed by atoms with Gasteiger partial charge in [0, 0.05) is 50.4 Å². The summed E-state index contributed by atoms with van der Waals surface area (Å²) in [6, 6.07) is 12.5. The van der Waals surface area contributed by atoms with Gasteiger partial charge in [-0.15, -0.1) is 0 Å². The number of piperidine rings is 1. The normalized spacial score (nSPS) is 24.1. The number of hydrogen-bond donors (Lipinski definition) is 0. The summed E-state index contributed by atoms with van der Waals surface area (Å²) in [5.74, 6) is 0.404. The van der Waals surface area contributed by atoms with Gasteiger partial charge in [0.05, 0.1) is 11.1 Å². The average molecular weight is 363 g/mol. The third-order valence-corrected chi connectivity index (χ3v) is 6.07. The van der Waals surface area contributed by atoms with Crippen LogP contribution in [0.3, 0.4) is 0 Å². The van der Waals surface area contributed by atoms with Gasteiger partial charge in [-0.3, -0.25) is 19.3 Å². The lowest BCUT2D eigenvalue weighted by atomic mass is 9.83. The third-order valence-electron chi connectivity index (χ3n) is 6.07. The molecule has 3 aliphatic rings. The average Bonchev–Trinajstić information content (AvgIpc) is 2.92. The predicted molar refractivity (Wildman–Crippen MR) is 99.8 cm³/mol. The molecule has 1 saturated heterocycles. The molecule has 0 radical (unpaired) electrons. The standard InChI is InChI=1S/C21H21N3O3/c25-19-7-3-6-18-15-10-14(12-24(18)19)11-22(13-15)8-9-23-20(26)16-4-1-2-5-17(16)21(23)27/h1-7,14-15H,8-13H2/t14-,15+/m1/s1. The van der Waals surface area contributed by atoms with Crippen molar-refractivity contribution in [1.29, 1.82) is 0 Å². The molecule has 0 N–H and O–H groups in total. The number of carbonyl (C=O) groups is 2. The minimum atomic E-state index is -0.190. The Balaban J connectivity index is 1.30. The van der Waals surface area contributed by atoms with Crippen LogP contribution in [0.1, 0.15) is 38.7 Å². The van der Waals surface area contributed by atoms with E-state index < -0.39 is 0 Å². The van der Waals surface area contributed by atoms with E-state index in [1.54, 1.807) is 30.3 Å². The molecule has 0 spiro atoms. The monoisotopic (exact) mass is 363 g/mol. The molecule has 6 heteroatoms. The van der Waals surface area contributed by atoms with Crippen molar-refractivity contribution >= 4 is 11.8 Å². The van der Waals surface area contributed by atoms with Crippen LogP contribution in [-0.4, -0.2) is 52.4 Å². The minimum absolute atomic E-state index is 0.0849. The molecule has 1 aromatic carbocycles. The van der Waals surface area contributed by atoms with Crippen LogP contribution in [0.5, 0.6) is 0 Å². The molecule has 3 aliphatic heterocycles. The summed E-state index contributed by atoms with van der Waals surface area (Å²) in [6.07, 6.45) is 1.10. The lowest BCUT2D eigenvalue weighted by Crippen LogP contribution is -2.49. The van der Waals surface area contributed by atoms with Crippen LogP contribution in [0.25, 0.3) is 0 Å². The highest BCUT2D eigenvalue weighted by Gasteiger charge is 2.37. The van der Waals surface area contributed by atoms with Gasteiger partial charge in [-0.2, -0.15) is 0 Å². The zero-order valence-corrected chi connectivity index (χ0v) is 15.0. The van der Waals surface area contributed by atoms with Crippen molar-refractivity contribution in [3.8, 4) is 0 Å². The van der Waals surface area contributed by atoms with E-state index in [1.807, 2.05) is 10.6 Å². The molecule has 1 fully saturated rings. The number of likely N-dealkylation sites (tertiary alicyclic amines) is 1. The fraction of sp³-hybridized carbons (Fsp3) is 0.381. The third kappa shape index (κ3) is 2.63. The van der Waals surface area contributed by atoms with Gasteiger partial charge in [0.1, 0.15) is 0 Å². The molecule has 27 heavy (non-hydrogen) atoms. The molecule has 5 rings (SSSR count). The van der Waals surface area contributed by atoms with Gasteiger partial charge in [0.2, 0.25) is 0 Å². The van der Waals surface area contributed by atoms with Crippen LogP contribution in [-0.2, 0) is 6.54 Å². The number of imide groups is 1. The van der Waals surface area contributed by atoms with Crippen LogP contribution in [0, 0.1) is 5.92 Å². The number of rotatable bonds is 3. The number of benzene rings is 1. The van der Waals surface area contributed by atoms with E-state index in [9.17, 15) is 14.4 Å². The maximum absolute atomic E-state index is 12.5. The maximum atomic E-state index is 12.5. The van der Waals surface area contributed by atoms with Crippen LogP contribution >= 0.6 is 0 Å². The lowest BCUT2D eigenvalue weighted by Gasteiger charge is -2.43. The second-order valence-electron chi connectivity index (χ2n) is 7.77. The van der Waals surface area contributed by atoms with Crippen molar-refractivity contribution in [1.82, 2.24) is 14.4 Å². The summed E-state index contributed by atoms with van der Waals surface area (Å²) < 4.78 is 1.92. The van der Waals surface area contributed by atoms with Crippen molar-refractivity contribution in [2.24, 2.45) is 5.92 Å². The Labute approximate surface area is 157 Å². The first-order valence-corrected chi connectivity index (χ1v) is 9.49. The summed E-state index contributed by atoms with van der Waals surface area (Å²) in [7, 11) is 0. The highest BCUT2D eigenvalue weighted by molar-refractivity contribution is 6.21. The van der Waals surface area contributed by atoms with E-state index in [1.165, 1.54) is 4.90 Å². The summed E-state index contributed by atoms with van der Waals surface area (Å²) in [6.45, 7) is 3.61. The molecule has 2 atom stereocenters. The van der Waals surface area contributed by atoms with E-state index in [2.05, 4.69) is 11.0 Å². The highest BCUT2D eigenvalue weighted by Crippen LogP contribution is 2.35. The Morgan fingerprint density at radius 1 is 0.815 bits per heavy atom. The Kier molecular flexibility index (Phi) is 3.75. The smallest absolute Gasteiger partial charge is 0.261 e. The van der Waals surface area contributed by atoms with Crippen LogP contribution in [0.2, 0.25) is 0 Å². The maximum Gasteiger partial charge on any atom is 0.261 e. The van der Waals surface area contributed by atoms with E-state index in [4.69, 9.17) is 0 Å². The minimum Gasteiger partial charge on any atom is -0.312 e. The molecule has 2 amide bonds. The number of carbonyl (C=O) groups excluding carboxylic acids is 2. The fourth-order valence-corrected chi connectivity index (χ4v) is 4.86. The quantitative estimate of drug-likeness (QED) is 0.777. The molecule has 0 aliphatic carbocycles. The molecular formula is C21H21N3O3. The summed E-state index contributed by atoms with van der Waals surface area (Å²) >= 11 is 0. The molecule has 138 valence electrons. The van der Waals surface area contributed by atoms with Crippen LogP contribution < -0.4 is 5.56 Å².